The molecule has 0 heterocycles. The maximum absolute atomic E-state index is 13.7. The molecule has 0 saturated heterocycles. The summed E-state index contributed by atoms with van der Waals surface area (Å²) in [6, 6.07) is 13.2. The molecule has 1 N–H and O–H groups in total. The SMILES string of the molecule is Cc1cccc(CNC(C)C)c1OCc1ccccc1F. The van der Waals surface area contributed by atoms with Gasteiger partial charge in [-0.05, 0) is 18.6 Å². The van der Waals surface area contributed by atoms with Crippen molar-refractivity contribution in [2.24, 2.45) is 0 Å². The van der Waals surface area contributed by atoms with Gasteiger partial charge in [-0.3, -0.25) is 0 Å². The highest BCUT2D eigenvalue weighted by molar-refractivity contribution is 5.41. The number of benzene rings is 2. The highest BCUT2D eigenvalue weighted by Crippen LogP contribution is 2.25. The van der Waals surface area contributed by atoms with Gasteiger partial charge in [0.25, 0.3) is 0 Å². The van der Waals surface area contributed by atoms with Gasteiger partial charge >= 0.3 is 0 Å². The molecule has 0 saturated carbocycles. The fraction of sp³-hybridized carbons (Fsp3) is 0.333. The van der Waals surface area contributed by atoms with Crippen LogP contribution in [0.15, 0.2) is 42.5 Å². The number of ether oxygens (including phenoxy) is 1. The molecule has 0 bridgehead atoms. The number of aryl methyl sites for hydroxylation is 1. The van der Waals surface area contributed by atoms with Gasteiger partial charge in [-0.15, -0.1) is 0 Å². The van der Waals surface area contributed by atoms with Gasteiger partial charge in [0.2, 0.25) is 0 Å². The Labute approximate surface area is 126 Å². The molecule has 0 amide bonds. The van der Waals surface area contributed by atoms with Crippen LogP contribution in [-0.2, 0) is 13.2 Å². The fourth-order valence-electron chi connectivity index (χ4n) is 2.14. The molecule has 0 fully saturated rings. The topological polar surface area (TPSA) is 21.3 Å². The first-order valence-electron chi connectivity index (χ1n) is 7.26. The van der Waals surface area contributed by atoms with Gasteiger partial charge in [-0.2, -0.15) is 0 Å². The van der Waals surface area contributed by atoms with E-state index < -0.39 is 0 Å². The molecule has 0 aliphatic heterocycles. The lowest BCUT2D eigenvalue weighted by molar-refractivity contribution is 0.293. The van der Waals surface area contributed by atoms with Gasteiger partial charge in [0, 0.05) is 23.7 Å². The second-order valence-electron chi connectivity index (χ2n) is 5.48. The van der Waals surface area contributed by atoms with Crippen molar-refractivity contribution in [1.29, 1.82) is 0 Å². The minimum absolute atomic E-state index is 0.229. The minimum atomic E-state index is -0.229. The Morgan fingerprint density at radius 1 is 1.05 bits per heavy atom. The summed E-state index contributed by atoms with van der Waals surface area (Å²) in [4.78, 5) is 0. The van der Waals surface area contributed by atoms with Crippen molar-refractivity contribution in [3.05, 3.63) is 65.0 Å². The number of halogens is 1. The molecular formula is C18H22FNO. The lowest BCUT2D eigenvalue weighted by atomic mass is 10.1. The van der Waals surface area contributed by atoms with Crippen LogP contribution in [-0.4, -0.2) is 6.04 Å². The van der Waals surface area contributed by atoms with Crippen LogP contribution < -0.4 is 10.1 Å². The maximum Gasteiger partial charge on any atom is 0.129 e. The summed E-state index contributed by atoms with van der Waals surface area (Å²) in [5.74, 6) is 0.613. The highest BCUT2D eigenvalue weighted by Gasteiger charge is 2.09. The van der Waals surface area contributed by atoms with Crippen molar-refractivity contribution in [1.82, 2.24) is 5.32 Å². The van der Waals surface area contributed by atoms with Gasteiger partial charge < -0.3 is 10.1 Å². The Kier molecular flexibility index (Phi) is 5.34. The second kappa shape index (κ2) is 7.23. The molecule has 2 aromatic rings. The van der Waals surface area contributed by atoms with Crippen LogP contribution in [0.4, 0.5) is 4.39 Å². The quantitative estimate of drug-likeness (QED) is 0.859. The molecule has 3 heteroatoms. The molecule has 2 aromatic carbocycles. The number of hydrogen-bond donors (Lipinski definition) is 1. The summed E-state index contributed by atoms with van der Waals surface area (Å²) in [6.45, 7) is 7.21. The van der Waals surface area contributed by atoms with Gasteiger partial charge in [-0.25, -0.2) is 4.39 Å². The third-order valence-corrected chi connectivity index (χ3v) is 3.32. The Morgan fingerprint density at radius 3 is 2.48 bits per heavy atom. The molecule has 0 aliphatic carbocycles. The van der Waals surface area contributed by atoms with Gasteiger partial charge in [0.05, 0.1) is 0 Å². The van der Waals surface area contributed by atoms with Crippen LogP contribution in [0, 0.1) is 12.7 Å². The summed E-state index contributed by atoms with van der Waals surface area (Å²) in [6.07, 6.45) is 0. The van der Waals surface area contributed by atoms with Gasteiger partial charge in [0.15, 0.2) is 0 Å². The average molecular weight is 287 g/mol. The normalized spacial score (nSPS) is 10.9. The number of nitrogens with one attached hydrogen (secondary N) is 1. The van der Waals surface area contributed by atoms with Crippen molar-refractivity contribution >= 4 is 0 Å². The monoisotopic (exact) mass is 287 g/mol. The van der Waals surface area contributed by atoms with Crippen LogP contribution >= 0.6 is 0 Å². The maximum atomic E-state index is 13.7. The standard InChI is InChI=1S/C18H22FNO/c1-13(2)20-11-15-9-6-7-14(3)18(15)21-12-16-8-4-5-10-17(16)19/h4-10,13,20H,11-12H2,1-3H3. The Balaban J connectivity index is 2.13. The minimum Gasteiger partial charge on any atom is -0.488 e. The molecule has 2 rings (SSSR count). The van der Waals surface area contributed by atoms with E-state index in [1.165, 1.54) is 6.07 Å². The lowest BCUT2D eigenvalue weighted by Crippen LogP contribution is -2.22. The zero-order valence-electron chi connectivity index (χ0n) is 12.8. The van der Waals surface area contributed by atoms with Crippen molar-refractivity contribution in [3.8, 4) is 5.75 Å². The number of hydrogen-bond acceptors (Lipinski definition) is 2. The predicted octanol–water partition coefficient (Wildman–Crippen LogP) is 4.21. The van der Waals surface area contributed by atoms with E-state index >= 15 is 0 Å². The zero-order valence-corrected chi connectivity index (χ0v) is 12.8. The van der Waals surface area contributed by atoms with E-state index in [2.05, 4.69) is 19.2 Å². The largest absolute Gasteiger partial charge is 0.488 e. The van der Waals surface area contributed by atoms with Gasteiger partial charge in [-0.1, -0.05) is 50.2 Å². The van der Waals surface area contributed by atoms with E-state index in [4.69, 9.17) is 4.74 Å². The summed E-state index contributed by atoms with van der Waals surface area (Å²) in [5.41, 5.74) is 2.73. The lowest BCUT2D eigenvalue weighted by Gasteiger charge is -2.16. The molecular weight excluding hydrogens is 265 g/mol. The third kappa shape index (κ3) is 4.30. The third-order valence-electron chi connectivity index (χ3n) is 3.32. The van der Waals surface area contributed by atoms with Crippen LogP contribution in [0.3, 0.4) is 0 Å². The van der Waals surface area contributed by atoms with E-state index in [0.717, 1.165) is 23.4 Å². The van der Waals surface area contributed by atoms with Gasteiger partial charge in [0.1, 0.15) is 18.2 Å². The summed E-state index contributed by atoms with van der Waals surface area (Å²) in [5, 5.41) is 3.38. The second-order valence-corrected chi connectivity index (χ2v) is 5.48. The molecule has 2 nitrogen and oxygen atoms in total. The van der Waals surface area contributed by atoms with Crippen LogP contribution in [0.1, 0.15) is 30.5 Å². The van der Waals surface area contributed by atoms with E-state index in [1.54, 1.807) is 12.1 Å². The molecule has 0 aliphatic rings. The van der Waals surface area contributed by atoms with E-state index in [9.17, 15) is 4.39 Å². The smallest absolute Gasteiger partial charge is 0.129 e. The van der Waals surface area contributed by atoms with Crippen LogP contribution in [0.5, 0.6) is 5.75 Å². The summed E-state index contributed by atoms with van der Waals surface area (Å²) < 4.78 is 19.5. The Morgan fingerprint density at radius 2 is 1.76 bits per heavy atom. The molecule has 0 spiro atoms. The Hall–Kier alpha value is -1.87. The van der Waals surface area contributed by atoms with E-state index in [0.29, 0.717) is 11.6 Å². The molecule has 112 valence electrons. The van der Waals surface area contributed by atoms with Crippen molar-refractivity contribution in [3.63, 3.8) is 0 Å². The number of para-hydroxylation sites is 1. The first kappa shape index (κ1) is 15.5. The molecule has 0 unspecified atom stereocenters. The highest BCUT2D eigenvalue weighted by atomic mass is 19.1. The number of rotatable bonds is 6. The van der Waals surface area contributed by atoms with E-state index in [1.807, 2.05) is 31.2 Å². The molecule has 0 atom stereocenters. The summed E-state index contributed by atoms with van der Waals surface area (Å²) >= 11 is 0. The molecule has 21 heavy (non-hydrogen) atoms. The Bertz CT molecular complexity index is 596. The van der Waals surface area contributed by atoms with Crippen molar-refractivity contribution < 1.29 is 9.13 Å². The van der Waals surface area contributed by atoms with Crippen molar-refractivity contribution in [2.45, 2.75) is 40.0 Å². The average Bonchev–Trinajstić information content (AvgIpc) is 2.45. The summed E-state index contributed by atoms with van der Waals surface area (Å²) in [7, 11) is 0. The van der Waals surface area contributed by atoms with Crippen molar-refractivity contribution in [2.75, 3.05) is 0 Å². The fourth-order valence-corrected chi connectivity index (χ4v) is 2.14. The van der Waals surface area contributed by atoms with Crippen LogP contribution in [0.25, 0.3) is 0 Å². The first-order valence-corrected chi connectivity index (χ1v) is 7.26. The zero-order chi connectivity index (χ0) is 15.2. The van der Waals surface area contributed by atoms with Crippen LogP contribution in [0.2, 0.25) is 0 Å². The molecule has 0 radical (unpaired) electrons. The first-order chi connectivity index (χ1) is 10.1. The molecule has 0 aromatic heterocycles. The van der Waals surface area contributed by atoms with E-state index in [-0.39, 0.29) is 12.4 Å². The predicted molar refractivity (Wildman–Crippen MR) is 83.9 cm³/mol.